The first-order valence-electron chi connectivity index (χ1n) is 8.37. The summed E-state index contributed by atoms with van der Waals surface area (Å²) in [5.41, 5.74) is 2.23. The van der Waals surface area contributed by atoms with E-state index >= 15 is 0 Å². The Morgan fingerprint density at radius 3 is 2.44 bits per heavy atom. The topological polar surface area (TPSA) is 67.9 Å². The Hall–Kier alpha value is -2.73. The van der Waals surface area contributed by atoms with Crippen molar-refractivity contribution in [3.05, 3.63) is 52.5 Å². The largest absolute Gasteiger partial charge is 0.493 e. The van der Waals surface area contributed by atoms with Gasteiger partial charge in [-0.25, -0.2) is 0 Å². The van der Waals surface area contributed by atoms with Gasteiger partial charge in [0.1, 0.15) is 6.54 Å². The lowest BCUT2D eigenvalue weighted by atomic mass is 10.1. The summed E-state index contributed by atoms with van der Waals surface area (Å²) in [6, 6.07) is 10.7. The van der Waals surface area contributed by atoms with Gasteiger partial charge in [0.2, 0.25) is 11.8 Å². The molecule has 0 heterocycles. The molecule has 2 aromatic carbocycles. The summed E-state index contributed by atoms with van der Waals surface area (Å²) < 4.78 is 10.5. The van der Waals surface area contributed by atoms with Crippen LogP contribution in [0, 0.1) is 6.92 Å². The summed E-state index contributed by atoms with van der Waals surface area (Å²) in [7, 11) is 3.10. The van der Waals surface area contributed by atoms with E-state index in [0.717, 1.165) is 11.1 Å². The molecule has 1 N–H and O–H groups in total. The van der Waals surface area contributed by atoms with E-state index in [9.17, 15) is 9.59 Å². The Bertz CT molecular complexity index is 839. The van der Waals surface area contributed by atoms with Crippen LogP contribution in [0.25, 0.3) is 0 Å². The first-order valence-corrected chi connectivity index (χ1v) is 8.75. The van der Waals surface area contributed by atoms with Crippen LogP contribution in [0.15, 0.2) is 36.4 Å². The average Bonchev–Trinajstić information content (AvgIpc) is 2.64. The van der Waals surface area contributed by atoms with Gasteiger partial charge in [-0.3, -0.25) is 9.59 Å². The van der Waals surface area contributed by atoms with Crippen molar-refractivity contribution in [2.45, 2.75) is 20.4 Å². The highest BCUT2D eigenvalue weighted by atomic mass is 35.5. The zero-order chi connectivity index (χ0) is 20.0. The molecule has 0 unspecified atom stereocenters. The molecule has 0 aliphatic rings. The van der Waals surface area contributed by atoms with E-state index in [-0.39, 0.29) is 24.9 Å². The van der Waals surface area contributed by atoms with Crippen LogP contribution >= 0.6 is 11.6 Å². The van der Waals surface area contributed by atoms with E-state index in [2.05, 4.69) is 5.32 Å². The van der Waals surface area contributed by atoms with E-state index in [4.69, 9.17) is 21.1 Å². The molecule has 6 nitrogen and oxygen atoms in total. The number of amides is 2. The fourth-order valence-corrected chi connectivity index (χ4v) is 2.76. The zero-order valence-corrected chi connectivity index (χ0v) is 16.6. The fraction of sp³-hybridized carbons (Fsp3) is 0.300. The average molecular weight is 391 g/mol. The molecule has 0 aromatic heterocycles. The van der Waals surface area contributed by atoms with E-state index < -0.39 is 0 Å². The van der Waals surface area contributed by atoms with Crippen LogP contribution in [0.3, 0.4) is 0 Å². The number of ether oxygens (including phenoxy) is 2. The van der Waals surface area contributed by atoms with Crippen molar-refractivity contribution in [1.82, 2.24) is 4.90 Å². The van der Waals surface area contributed by atoms with Crippen LogP contribution in [-0.2, 0) is 16.1 Å². The van der Waals surface area contributed by atoms with Crippen LogP contribution in [0.5, 0.6) is 11.5 Å². The molecule has 2 rings (SSSR count). The number of hydrogen-bond acceptors (Lipinski definition) is 4. The van der Waals surface area contributed by atoms with Gasteiger partial charge in [0.05, 0.1) is 14.2 Å². The van der Waals surface area contributed by atoms with Crippen molar-refractivity contribution in [1.29, 1.82) is 0 Å². The highest BCUT2D eigenvalue weighted by Gasteiger charge is 2.16. The van der Waals surface area contributed by atoms with Crippen molar-refractivity contribution < 1.29 is 19.1 Å². The lowest BCUT2D eigenvalue weighted by Gasteiger charge is -2.21. The second-order valence-corrected chi connectivity index (χ2v) is 6.43. The Morgan fingerprint density at radius 1 is 1.11 bits per heavy atom. The van der Waals surface area contributed by atoms with Crippen molar-refractivity contribution in [3.8, 4) is 11.5 Å². The van der Waals surface area contributed by atoms with Crippen LogP contribution in [0.1, 0.15) is 18.1 Å². The van der Waals surface area contributed by atoms with Crippen molar-refractivity contribution in [2.24, 2.45) is 0 Å². The molecule has 27 heavy (non-hydrogen) atoms. The SMILES string of the molecule is COc1ccc(CN(CC(=O)Nc2cccc(Cl)c2C)C(C)=O)cc1OC. The second-order valence-electron chi connectivity index (χ2n) is 6.02. The van der Waals surface area contributed by atoms with Gasteiger partial charge in [-0.1, -0.05) is 23.7 Å². The minimum Gasteiger partial charge on any atom is -0.493 e. The first kappa shape index (κ1) is 20.6. The monoisotopic (exact) mass is 390 g/mol. The normalized spacial score (nSPS) is 10.3. The predicted octanol–water partition coefficient (Wildman–Crippen LogP) is 3.65. The second kappa shape index (κ2) is 9.28. The summed E-state index contributed by atoms with van der Waals surface area (Å²) in [5, 5.41) is 3.37. The first-order chi connectivity index (χ1) is 12.8. The Labute approximate surface area is 164 Å². The molecule has 0 saturated carbocycles. The van der Waals surface area contributed by atoms with Gasteiger partial charge in [-0.2, -0.15) is 0 Å². The molecule has 0 fully saturated rings. The maximum atomic E-state index is 12.4. The van der Waals surface area contributed by atoms with Crippen molar-refractivity contribution in [2.75, 3.05) is 26.1 Å². The van der Waals surface area contributed by atoms with Crippen LogP contribution in [0.4, 0.5) is 5.69 Å². The number of rotatable bonds is 7. The standard InChI is InChI=1S/C20H23ClN2O4/c1-13-16(21)6-5-7-17(13)22-20(25)12-23(14(2)24)11-15-8-9-18(26-3)19(10-15)27-4/h5-10H,11-12H2,1-4H3,(H,22,25). The van der Waals surface area contributed by atoms with Crippen LogP contribution in [-0.4, -0.2) is 37.5 Å². The lowest BCUT2D eigenvalue weighted by molar-refractivity contribution is -0.133. The number of anilines is 1. The summed E-state index contributed by atoms with van der Waals surface area (Å²) >= 11 is 6.08. The molecule has 2 aromatic rings. The quantitative estimate of drug-likeness (QED) is 0.783. The summed E-state index contributed by atoms with van der Waals surface area (Å²) in [4.78, 5) is 25.9. The number of benzene rings is 2. The van der Waals surface area contributed by atoms with E-state index in [1.807, 2.05) is 13.0 Å². The summed E-state index contributed by atoms with van der Waals surface area (Å²) in [6.07, 6.45) is 0. The molecule has 7 heteroatoms. The number of methoxy groups -OCH3 is 2. The van der Waals surface area contributed by atoms with Gasteiger partial charge >= 0.3 is 0 Å². The van der Waals surface area contributed by atoms with E-state index in [0.29, 0.717) is 22.2 Å². The predicted molar refractivity (Wildman–Crippen MR) is 105 cm³/mol. The number of hydrogen-bond donors (Lipinski definition) is 1. The van der Waals surface area contributed by atoms with Crippen LogP contribution < -0.4 is 14.8 Å². The maximum absolute atomic E-state index is 12.4. The summed E-state index contributed by atoms with van der Waals surface area (Å²) in [5.74, 6) is 0.668. The molecule has 0 spiro atoms. The highest BCUT2D eigenvalue weighted by molar-refractivity contribution is 6.31. The molecule has 0 aliphatic carbocycles. The third-order valence-electron chi connectivity index (χ3n) is 4.14. The number of nitrogens with one attached hydrogen (secondary N) is 1. The summed E-state index contributed by atoms with van der Waals surface area (Å²) in [6.45, 7) is 3.45. The molecular formula is C20H23ClN2O4. The smallest absolute Gasteiger partial charge is 0.244 e. The molecule has 0 bridgehead atoms. The number of halogens is 1. The minimum absolute atomic E-state index is 0.0738. The van der Waals surface area contributed by atoms with Gasteiger partial charge in [-0.05, 0) is 42.3 Å². The fourth-order valence-electron chi connectivity index (χ4n) is 2.58. The Kier molecular flexibility index (Phi) is 7.07. The van der Waals surface area contributed by atoms with Crippen molar-refractivity contribution >= 4 is 29.1 Å². The molecule has 0 saturated heterocycles. The van der Waals surface area contributed by atoms with Gasteiger partial charge in [0, 0.05) is 24.2 Å². The molecule has 0 radical (unpaired) electrons. The number of carbonyl (C=O) groups is 2. The third-order valence-corrected chi connectivity index (χ3v) is 4.55. The van der Waals surface area contributed by atoms with Gasteiger partial charge in [0.25, 0.3) is 0 Å². The molecule has 144 valence electrons. The minimum atomic E-state index is -0.295. The molecule has 2 amide bonds. The van der Waals surface area contributed by atoms with E-state index in [1.54, 1.807) is 44.6 Å². The number of carbonyl (C=O) groups excluding carboxylic acids is 2. The molecule has 0 aliphatic heterocycles. The zero-order valence-electron chi connectivity index (χ0n) is 15.8. The van der Waals surface area contributed by atoms with Gasteiger partial charge < -0.3 is 19.7 Å². The van der Waals surface area contributed by atoms with Crippen molar-refractivity contribution in [3.63, 3.8) is 0 Å². The van der Waals surface area contributed by atoms with Gasteiger partial charge in [0.15, 0.2) is 11.5 Å². The Morgan fingerprint density at radius 2 is 1.81 bits per heavy atom. The van der Waals surface area contributed by atoms with Crippen LogP contribution in [0.2, 0.25) is 5.02 Å². The highest BCUT2D eigenvalue weighted by Crippen LogP contribution is 2.28. The molecule has 0 atom stereocenters. The Balaban J connectivity index is 2.10. The maximum Gasteiger partial charge on any atom is 0.244 e. The molecular weight excluding hydrogens is 368 g/mol. The van der Waals surface area contributed by atoms with Gasteiger partial charge in [-0.15, -0.1) is 0 Å². The number of nitrogens with zero attached hydrogens (tertiary/aromatic N) is 1. The third kappa shape index (κ3) is 5.37. The van der Waals surface area contributed by atoms with E-state index in [1.165, 1.54) is 11.8 Å². The lowest BCUT2D eigenvalue weighted by Crippen LogP contribution is -2.36.